The second kappa shape index (κ2) is 3.48. The van der Waals surface area contributed by atoms with Gasteiger partial charge in [0.1, 0.15) is 0 Å². The van der Waals surface area contributed by atoms with Crippen LogP contribution >= 0.6 is 0 Å². The molecule has 13 heavy (non-hydrogen) atoms. The van der Waals surface area contributed by atoms with Crippen LogP contribution in [0.3, 0.4) is 0 Å². The molecule has 0 aromatic heterocycles. The number of fused-ring (bicyclic) bond motifs is 1. The summed E-state index contributed by atoms with van der Waals surface area (Å²) >= 11 is 0. The average Bonchev–Trinajstić information content (AvgIpc) is 2.20. The van der Waals surface area contributed by atoms with Crippen molar-refractivity contribution in [1.29, 1.82) is 0 Å². The number of hydrogen-bond acceptors (Lipinski definition) is 3. The minimum absolute atomic E-state index is 0.320. The molecule has 2 atom stereocenters. The Kier molecular flexibility index (Phi) is 2.34. The molecule has 0 spiro atoms. The molecule has 0 aromatic carbocycles. The van der Waals surface area contributed by atoms with Gasteiger partial charge in [-0.15, -0.1) is 0 Å². The Morgan fingerprint density at radius 3 is 1.85 bits per heavy atom. The van der Waals surface area contributed by atoms with Crippen LogP contribution in [0.5, 0.6) is 0 Å². The topological polar surface area (TPSA) is 43.4 Å². The van der Waals surface area contributed by atoms with Crippen molar-refractivity contribution in [3.05, 3.63) is 0 Å². The number of esters is 2. The van der Waals surface area contributed by atoms with Crippen molar-refractivity contribution < 1.29 is 14.3 Å². The molecule has 2 rings (SSSR count). The Labute approximate surface area is 77.4 Å². The summed E-state index contributed by atoms with van der Waals surface area (Å²) in [5.41, 5.74) is 0. The summed E-state index contributed by atoms with van der Waals surface area (Å²) in [6.07, 6.45) is 5.48. The molecule has 1 saturated carbocycles. The van der Waals surface area contributed by atoms with E-state index in [0.717, 1.165) is 12.8 Å². The molecule has 1 saturated heterocycles. The smallest absolute Gasteiger partial charge is 0.313 e. The van der Waals surface area contributed by atoms with E-state index in [4.69, 9.17) is 0 Å². The molecule has 3 nitrogen and oxygen atoms in total. The number of carbonyl (C=O) groups excluding carboxylic acids is 2. The van der Waals surface area contributed by atoms with Crippen molar-refractivity contribution in [2.45, 2.75) is 38.5 Å². The van der Waals surface area contributed by atoms with E-state index in [2.05, 4.69) is 4.74 Å². The van der Waals surface area contributed by atoms with Crippen LogP contribution in [0.25, 0.3) is 0 Å². The van der Waals surface area contributed by atoms with Gasteiger partial charge in [-0.05, 0) is 24.7 Å². The number of carbonyl (C=O) groups is 2. The van der Waals surface area contributed by atoms with Gasteiger partial charge in [0.15, 0.2) is 0 Å². The highest BCUT2D eigenvalue weighted by Gasteiger charge is 2.33. The summed E-state index contributed by atoms with van der Waals surface area (Å²) in [5, 5.41) is 0. The van der Waals surface area contributed by atoms with E-state index in [9.17, 15) is 9.59 Å². The fraction of sp³-hybridized carbons (Fsp3) is 0.800. The third-order valence-electron chi connectivity index (χ3n) is 3.15. The van der Waals surface area contributed by atoms with Gasteiger partial charge in [0.25, 0.3) is 0 Å². The molecular formula is C10H14O3. The monoisotopic (exact) mass is 182 g/mol. The van der Waals surface area contributed by atoms with Crippen molar-refractivity contribution in [2.75, 3.05) is 0 Å². The minimum atomic E-state index is -0.320. The van der Waals surface area contributed by atoms with Gasteiger partial charge in [0.2, 0.25) is 0 Å². The summed E-state index contributed by atoms with van der Waals surface area (Å²) in [4.78, 5) is 22.2. The van der Waals surface area contributed by atoms with E-state index >= 15 is 0 Å². The van der Waals surface area contributed by atoms with E-state index in [1.807, 2.05) is 0 Å². The van der Waals surface area contributed by atoms with Crippen molar-refractivity contribution in [1.82, 2.24) is 0 Å². The molecule has 0 radical (unpaired) electrons. The summed E-state index contributed by atoms with van der Waals surface area (Å²) < 4.78 is 4.63. The zero-order chi connectivity index (χ0) is 9.26. The Morgan fingerprint density at radius 1 is 0.923 bits per heavy atom. The van der Waals surface area contributed by atoms with E-state index in [0.29, 0.717) is 24.7 Å². The SMILES string of the molecule is O=C1C[C@H]2CCCC[C@@H]2CC(=O)O1. The second-order valence-electron chi connectivity index (χ2n) is 4.06. The first-order valence-corrected chi connectivity index (χ1v) is 4.99. The van der Waals surface area contributed by atoms with Crippen molar-refractivity contribution in [3.8, 4) is 0 Å². The normalized spacial score (nSPS) is 34.8. The fourth-order valence-corrected chi connectivity index (χ4v) is 2.46. The molecule has 2 aliphatic rings. The number of ether oxygens (including phenoxy) is 1. The predicted molar refractivity (Wildman–Crippen MR) is 45.8 cm³/mol. The molecule has 2 fully saturated rings. The van der Waals surface area contributed by atoms with Crippen LogP contribution in [-0.4, -0.2) is 11.9 Å². The van der Waals surface area contributed by atoms with Gasteiger partial charge in [-0.1, -0.05) is 12.8 Å². The standard InChI is InChI=1S/C10H14O3/c11-9-5-7-3-1-2-4-8(7)6-10(12)13-9/h7-8H,1-6H2/t7-,8-/m1/s1. The number of cyclic esters (lactones) is 2. The summed E-state index contributed by atoms with van der Waals surface area (Å²) in [7, 11) is 0. The highest BCUT2D eigenvalue weighted by molar-refractivity contribution is 5.86. The Bertz CT molecular complexity index is 210. The molecule has 1 heterocycles. The largest absolute Gasteiger partial charge is 0.393 e. The van der Waals surface area contributed by atoms with E-state index in [-0.39, 0.29) is 11.9 Å². The van der Waals surface area contributed by atoms with Crippen molar-refractivity contribution in [3.63, 3.8) is 0 Å². The molecule has 1 aliphatic carbocycles. The molecule has 72 valence electrons. The van der Waals surface area contributed by atoms with Crippen LogP contribution in [-0.2, 0) is 14.3 Å². The third-order valence-corrected chi connectivity index (χ3v) is 3.15. The maximum Gasteiger partial charge on any atom is 0.313 e. The Balaban J connectivity index is 2.09. The van der Waals surface area contributed by atoms with Crippen LogP contribution in [0.1, 0.15) is 38.5 Å². The van der Waals surface area contributed by atoms with E-state index < -0.39 is 0 Å². The summed E-state index contributed by atoms with van der Waals surface area (Å²) in [5.74, 6) is 0.180. The van der Waals surface area contributed by atoms with Crippen LogP contribution in [0.2, 0.25) is 0 Å². The molecule has 0 amide bonds. The van der Waals surface area contributed by atoms with Gasteiger partial charge >= 0.3 is 11.9 Å². The van der Waals surface area contributed by atoms with Gasteiger partial charge in [-0.2, -0.15) is 0 Å². The van der Waals surface area contributed by atoms with Crippen molar-refractivity contribution in [2.24, 2.45) is 11.8 Å². The molecular weight excluding hydrogens is 168 g/mol. The lowest BCUT2D eigenvalue weighted by Crippen LogP contribution is -2.20. The Hall–Kier alpha value is -0.860. The highest BCUT2D eigenvalue weighted by Crippen LogP contribution is 2.36. The average molecular weight is 182 g/mol. The van der Waals surface area contributed by atoms with Crippen LogP contribution in [0.4, 0.5) is 0 Å². The maximum absolute atomic E-state index is 11.1. The van der Waals surface area contributed by atoms with E-state index in [1.165, 1.54) is 12.8 Å². The quantitative estimate of drug-likeness (QED) is 0.422. The van der Waals surface area contributed by atoms with E-state index in [1.54, 1.807) is 0 Å². The molecule has 0 bridgehead atoms. The summed E-state index contributed by atoms with van der Waals surface area (Å²) in [6.45, 7) is 0. The predicted octanol–water partition coefficient (Wildman–Crippen LogP) is 1.66. The van der Waals surface area contributed by atoms with Gasteiger partial charge in [-0.25, -0.2) is 0 Å². The first-order valence-electron chi connectivity index (χ1n) is 4.99. The van der Waals surface area contributed by atoms with Crippen molar-refractivity contribution >= 4 is 11.9 Å². The molecule has 0 aromatic rings. The highest BCUT2D eigenvalue weighted by atomic mass is 16.6. The lowest BCUT2D eigenvalue weighted by molar-refractivity contribution is -0.158. The zero-order valence-corrected chi connectivity index (χ0v) is 7.62. The summed E-state index contributed by atoms with van der Waals surface area (Å²) in [6, 6.07) is 0. The lowest BCUT2D eigenvalue weighted by Gasteiger charge is -2.27. The maximum atomic E-state index is 11.1. The van der Waals surface area contributed by atoms with Gasteiger partial charge in [0, 0.05) is 12.8 Å². The van der Waals surface area contributed by atoms with Crippen LogP contribution in [0, 0.1) is 11.8 Å². The molecule has 1 aliphatic heterocycles. The number of rotatable bonds is 0. The first-order chi connectivity index (χ1) is 6.25. The third kappa shape index (κ3) is 1.90. The van der Waals surface area contributed by atoms with Gasteiger partial charge in [0.05, 0.1) is 0 Å². The fourth-order valence-electron chi connectivity index (χ4n) is 2.46. The number of hydrogen-bond donors (Lipinski definition) is 0. The Morgan fingerprint density at radius 2 is 1.38 bits per heavy atom. The van der Waals surface area contributed by atoms with Crippen LogP contribution in [0.15, 0.2) is 0 Å². The van der Waals surface area contributed by atoms with Gasteiger partial charge < -0.3 is 4.74 Å². The molecule has 0 unspecified atom stereocenters. The molecule has 3 heteroatoms. The van der Waals surface area contributed by atoms with Crippen LogP contribution < -0.4 is 0 Å². The lowest BCUT2D eigenvalue weighted by atomic mass is 9.76. The zero-order valence-electron chi connectivity index (χ0n) is 7.62. The van der Waals surface area contributed by atoms with Gasteiger partial charge in [-0.3, -0.25) is 9.59 Å². The second-order valence-corrected chi connectivity index (χ2v) is 4.06. The minimum Gasteiger partial charge on any atom is -0.393 e. The first kappa shape index (κ1) is 8.73. The molecule has 0 N–H and O–H groups in total.